The fourth-order valence-electron chi connectivity index (χ4n) is 1.23. The van der Waals surface area contributed by atoms with E-state index in [2.05, 4.69) is 21.6 Å². The largest absolute Gasteiger partial charge is 0.361 e. The van der Waals surface area contributed by atoms with Crippen LogP contribution in [-0.2, 0) is 0 Å². The quantitative estimate of drug-likeness (QED) is 0.789. The third-order valence-electron chi connectivity index (χ3n) is 2.09. The van der Waals surface area contributed by atoms with E-state index in [9.17, 15) is 0 Å². The van der Waals surface area contributed by atoms with Gasteiger partial charge in [-0.2, -0.15) is 5.26 Å². The Labute approximate surface area is 107 Å². The molecule has 0 fully saturated rings. The lowest BCUT2D eigenvalue weighted by molar-refractivity contribution is 0.413. The van der Waals surface area contributed by atoms with Gasteiger partial charge in [-0.25, -0.2) is 0 Å². The first-order valence-corrected chi connectivity index (χ1v) is 5.72. The number of nitriles is 1. The van der Waals surface area contributed by atoms with Crippen molar-refractivity contribution in [3.8, 4) is 6.07 Å². The normalized spacial score (nSPS) is 9.76. The van der Waals surface area contributed by atoms with E-state index in [-0.39, 0.29) is 0 Å². The van der Waals surface area contributed by atoms with Crippen molar-refractivity contribution in [1.82, 2.24) is 10.2 Å². The van der Waals surface area contributed by atoms with Crippen LogP contribution in [0.5, 0.6) is 0 Å². The molecule has 0 heterocycles. The molecule has 1 aromatic carbocycles. The molecule has 0 aromatic heterocycles. The fraction of sp³-hybridized carbons (Fsp3) is 0.333. The second-order valence-electron chi connectivity index (χ2n) is 3.88. The lowest BCUT2D eigenvalue weighted by Gasteiger charge is -2.13. The Morgan fingerprint density at radius 1 is 1.47 bits per heavy atom. The van der Waals surface area contributed by atoms with Gasteiger partial charge in [-0.3, -0.25) is 0 Å². The summed E-state index contributed by atoms with van der Waals surface area (Å²) in [4.78, 5) is 2.08. The van der Waals surface area contributed by atoms with Crippen LogP contribution in [0.2, 0.25) is 0 Å². The molecule has 5 heteroatoms. The highest BCUT2D eigenvalue weighted by atomic mass is 32.1. The summed E-state index contributed by atoms with van der Waals surface area (Å²) in [5.74, 6) is 0. The number of thiocarbonyl (C=S) groups is 1. The van der Waals surface area contributed by atoms with E-state index in [1.807, 2.05) is 26.2 Å². The van der Waals surface area contributed by atoms with Gasteiger partial charge in [0, 0.05) is 18.8 Å². The molecule has 0 saturated heterocycles. The van der Waals surface area contributed by atoms with Gasteiger partial charge in [-0.1, -0.05) is 6.07 Å². The third kappa shape index (κ3) is 5.29. The number of anilines is 1. The number of nitrogens with zero attached hydrogens (tertiary/aromatic N) is 2. The molecule has 4 nitrogen and oxygen atoms in total. The first-order chi connectivity index (χ1) is 8.11. The Morgan fingerprint density at radius 2 is 2.24 bits per heavy atom. The van der Waals surface area contributed by atoms with Crippen LogP contribution >= 0.6 is 12.2 Å². The van der Waals surface area contributed by atoms with Gasteiger partial charge in [0.1, 0.15) is 0 Å². The predicted octanol–water partition coefficient (Wildman–Crippen LogP) is 1.41. The second kappa shape index (κ2) is 6.84. The lowest BCUT2D eigenvalue weighted by atomic mass is 10.2. The molecule has 0 saturated carbocycles. The number of hydrogen-bond donors (Lipinski definition) is 2. The van der Waals surface area contributed by atoms with E-state index < -0.39 is 0 Å². The van der Waals surface area contributed by atoms with Crippen molar-refractivity contribution in [2.24, 2.45) is 0 Å². The summed E-state index contributed by atoms with van der Waals surface area (Å²) in [5.41, 5.74) is 1.44. The maximum absolute atomic E-state index is 8.77. The minimum atomic E-state index is 0.571. The second-order valence-corrected chi connectivity index (χ2v) is 4.29. The third-order valence-corrected chi connectivity index (χ3v) is 2.34. The van der Waals surface area contributed by atoms with Gasteiger partial charge < -0.3 is 15.5 Å². The van der Waals surface area contributed by atoms with E-state index in [4.69, 9.17) is 17.5 Å². The minimum Gasteiger partial charge on any atom is -0.361 e. The predicted molar refractivity (Wildman–Crippen MR) is 73.9 cm³/mol. The molecule has 0 atom stereocenters. The molecular formula is C12H16N4S. The number of likely N-dealkylation sites (N-methyl/N-ethyl adjacent to an activating group) is 1. The monoisotopic (exact) mass is 248 g/mol. The molecule has 17 heavy (non-hydrogen) atoms. The molecule has 0 bridgehead atoms. The Balaban J connectivity index is 2.43. The molecule has 90 valence electrons. The average molecular weight is 248 g/mol. The summed E-state index contributed by atoms with van der Waals surface area (Å²) in [7, 11) is 4.02. The summed E-state index contributed by atoms with van der Waals surface area (Å²) in [6.45, 7) is 1.71. The molecular weight excluding hydrogens is 232 g/mol. The number of nitrogens with one attached hydrogen (secondary N) is 2. The molecule has 1 aromatic rings. The van der Waals surface area contributed by atoms with Crippen LogP contribution in [0.1, 0.15) is 5.56 Å². The summed E-state index contributed by atoms with van der Waals surface area (Å²) in [5, 5.41) is 15.5. The minimum absolute atomic E-state index is 0.571. The molecule has 0 spiro atoms. The van der Waals surface area contributed by atoms with Crippen molar-refractivity contribution in [2.75, 3.05) is 32.5 Å². The van der Waals surface area contributed by atoms with Crippen molar-refractivity contribution >= 4 is 23.0 Å². The highest BCUT2D eigenvalue weighted by molar-refractivity contribution is 7.80. The van der Waals surface area contributed by atoms with E-state index in [1.54, 1.807) is 12.1 Å². The van der Waals surface area contributed by atoms with Gasteiger partial charge in [0.25, 0.3) is 0 Å². The number of benzene rings is 1. The summed E-state index contributed by atoms with van der Waals surface area (Å²) in [6.07, 6.45) is 0. The number of hydrogen-bond acceptors (Lipinski definition) is 3. The standard InChI is InChI=1S/C12H16N4S/c1-16(2)7-6-14-12(17)15-11-5-3-4-10(8-11)9-13/h3-5,8H,6-7H2,1-2H3,(H2,14,15,17). The zero-order valence-electron chi connectivity index (χ0n) is 10.0. The van der Waals surface area contributed by atoms with E-state index in [1.165, 1.54) is 0 Å². The molecule has 0 radical (unpaired) electrons. The van der Waals surface area contributed by atoms with Crippen LogP contribution < -0.4 is 10.6 Å². The zero-order chi connectivity index (χ0) is 12.7. The van der Waals surface area contributed by atoms with Crippen molar-refractivity contribution in [3.05, 3.63) is 29.8 Å². The smallest absolute Gasteiger partial charge is 0.170 e. The summed E-state index contributed by atoms with van der Waals surface area (Å²) < 4.78 is 0. The fourth-order valence-corrected chi connectivity index (χ4v) is 1.45. The van der Waals surface area contributed by atoms with Crippen molar-refractivity contribution in [1.29, 1.82) is 5.26 Å². The van der Waals surface area contributed by atoms with E-state index in [0.717, 1.165) is 18.8 Å². The Morgan fingerprint density at radius 3 is 2.88 bits per heavy atom. The SMILES string of the molecule is CN(C)CCNC(=S)Nc1cccc(C#N)c1. The Hall–Kier alpha value is -1.64. The van der Waals surface area contributed by atoms with Crippen molar-refractivity contribution in [2.45, 2.75) is 0 Å². The first kappa shape index (κ1) is 13.4. The molecule has 0 aliphatic carbocycles. The number of rotatable bonds is 4. The van der Waals surface area contributed by atoms with Crippen LogP contribution in [0.15, 0.2) is 24.3 Å². The molecule has 0 unspecified atom stereocenters. The first-order valence-electron chi connectivity index (χ1n) is 5.31. The topological polar surface area (TPSA) is 51.1 Å². The maximum atomic E-state index is 8.77. The van der Waals surface area contributed by atoms with Gasteiger partial charge in [-0.15, -0.1) is 0 Å². The van der Waals surface area contributed by atoms with Crippen LogP contribution in [0.4, 0.5) is 5.69 Å². The van der Waals surface area contributed by atoms with Crippen molar-refractivity contribution in [3.63, 3.8) is 0 Å². The Bertz CT molecular complexity index is 423. The zero-order valence-corrected chi connectivity index (χ0v) is 10.8. The van der Waals surface area contributed by atoms with Crippen LogP contribution in [0, 0.1) is 11.3 Å². The lowest BCUT2D eigenvalue weighted by Crippen LogP contribution is -2.34. The summed E-state index contributed by atoms with van der Waals surface area (Å²) >= 11 is 5.14. The van der Waals surface area contributed by atoms with E-state index >= 15 is 0 Å². The van der Waals surface area contributed by atoms with Gasteiger partial charge in [0.15, 0.2) is 5.11 Å². The highest BCUT2D eigenvalue weighted by Crippen LogP contribution is 2.09. The molecule has 0 amide bonds. The molecule has 0 aliphatic heterocycles. The van der Waals surface area contributed by atoms with Gasteiger partial charge >= 0.3 is 0 Å². The van der Waals surface area contributed by atoms with Gasteiger partial charge in [0.05, 0.1) is 11.6 Å². The molecule has 0 aliphatic rings. The van der Waals surface area contributed by atoms with E-state index in [0.29, 0.717) is 10.7 Å². The van der Waals surface area contributed by atoms with Crippen LogP contribution in [0.3, 0.4) is 0 Å². The van der Waals surface area contributed by atoms with Crippen LogP contribution in [0.25, 0.3) is 0 Å². The summed E-state index contributed by atoms with van der Waals surface area (Å²) in [6, 6.07) is 9.31. The maximum Gasteiger partial charge on any atom is 0.170 e. The average Bonchev–Trinajstić information content (AvgIpc) is 2.28. The molecule has 1 rings (SSSR count). The molecule has 2 N–H and O–H groups in total. The van der Waals surface area contributed by atoms with Crippen LogP contribution in [-0.4, -0.2) is 37.2 Å². The van der Waals surface area contributed by atoms with Gasteiger partial charge in [-0.05, 0) is 44.5 Å². The van der Waals surface area contributed by atoms with Crippen molar-refractivity contribution < 1.29 is 0 Å². The highest BCUT2D eigenvalue weighted by Gasteiger charge is 1.98. The van der Waals surface area contributed by atoms with Gasteiger partial charge in [0.2, 0.25) is 0 Å². The Kier molecular flexibility index (Phi) is 5.40.